The Hall–Kier alpha value is -3.21. The second-order valence-corrected chi connectivity index (χ2v) is 6.37. The van der Waals surface area contributed by atoms with Gasteiger partial charge < -0.3 is 9.30 Å². The van der Waals surface area contributed by atoms with Crippen molar-refractivity contribution in [1.29, 1.82) is 0 Å². The maximum absolute atomic E-state index is 12.6. The zero-order valence-corrected chi connectivity index (χ0v) is 14.7. The molecule has 0 aliphatic rings. The molecule has 0 aliphatic heterocycles. The Balaban J connectivity index is 1.62. The van der Waals surface area contributed by atoms with Crippen molar-refractivity contribution in [1.82, 2.24) is 9.55 Å². The van der Waals surface area contributed by atoms with E-state index >= 15 is 0 Å². The number of alkyl halides is 2. The number of ether oxygens (including phenoxy) is 1. The van der Waals surface area contributed by atoms with E-state index in [0.29, 0.717) is 5.56 Å². The van der Waals surface area contributed by atoms with E-state index in [9.17, 15) is 8.78 Å². The minimum absolute atomic E-state index is 0.0649. The number of rotatable bonds is 5. The van der Waals surface area contributed by atoms with Crippen LogP contribution in [-0.2, 0) is 0 Å². The van der Waals surface area contributed by atoms with Crippen LogP contribution < -0.4 is 4.74 Å². The third kappa shape index (κ3) is 3.53. The number of nitrogens with zero attached hydrogens (tertiary/aromatic N) is 2. The molecule has 27 heavy (non-hydrogen) atoms. The SMILES string of the molecule is C[C@H](c1ccc(-c2cccnc2OC(F)F)cc1)n1cc2ccccc2c1. The molecule has 136 valence electrons. The molecule has 0 amide bonds. The summed E-state index contributed by atoms with van der Waals surface area (Å²) in [5.74, 6) is -0.0649. The summed E-state index contributed by atoms with van der Waals surface area (Å²) in [5, 5.41) is 2.40. The monoisotopic (exact) mass is 364 g/mol. The molecule has 0 N–H and O–H groups in total. The smallest absolute Gasteiger partial charge is 0.388 e. The van der Waals surface area contributed by atoms with E-state index in [0.717, 1.165) is 11.1 Å². The molecule has 0 aliphatic carbocycles. The predicted molar refractivity (Wildman–Crippen MR) is 102 cm³/mol. The molecule has 0 radical (unpaired) electrons. The van der Waals surface area contributed by atoms with Crippen LogP contribution in [0.2, 0.25) is 0 Å². The number of fused-ring (bicyclic) bond motifs is 1. The van der Waals surface area contributed by atoms with Crippen molar-refractivity contribution < 1.29 is 13.5 Å². The van der Waals surface area contributed by atoms with Gasteiger partial charge in [-0.3, -0.25) is 0 Å². The van der Waals surface area contributed by atoms with E-state index in [4.69, 9.17) is 0 Å². The van der Waals surface area contributed by atoms with Gasteiger partial charge in [0.05, 0.1) is 6.04 Å². The van der Waals surface area contributed by atoms with Gasteiger partial charge in [0.15, 0.2) is 0 Å². The predicted octanol–water partition coefficient (Wildman–Crippen LogP) is 5.91. The fourth-order valence-electron chi connectivity index (χ4n) is 3.23. The number of benzene rings is 2. The topological polar surface area (TPSA) is 27.1 Å². The van der Waals surface area contributed by atoms with Gasteiger partial charge in [-0.05, 0) is 41.0 Å². The molecule has 0 spiro atoms. The molecular formula is C22H18F2N2O. The minimum atomic E-state index is -2.90. The summed E-state index contributed by atoms with van der Waals surface area (Å²) in [6.45, 7) is -0.774. The Morgan fingerprint density at radius 1 is 0.889 bits per heavy atom. The maximum atomic E-state index is 12.6. The van der Waals surface area contributed by atoms with Crippen molar-refractivity contribution in [3.8, 4) is 17.0 Å². The molecule has 1 atom stereocenters. The molecule has 2 heterocycles. The molecule has 0 bridgehead atoms. The number of halogens is 2. The molecule has 0 fully saturated rings. The fraction of sp³-hybridized carbons (Fsp3) is 0.136. The molecule has 3 nitrogen and oxygen atoms in total. The molecular weight excluding hydrogens is 346 g/mol. The zero-order chi connectivity index (χ0) is 18.8. The van der Waals surface area contributed by atoms with Crippen LogP contribution in [0.4, 0.5) is 8.78 Å². The van der Waals surface area contributed by atoms with E-state index < -0.39 is 6.61 Å². The fourth-order valence-corrected chi connectivity index (χ4v) is 3.23. The van der Waals surface area contributed by atoms with Gasteiger partial charge in [-0.25, -0.2) is 4.98 Å². The quantitative estimate of drug-likeness (QED) is 0.440. The zero-order valence-electron chi connectivity index (χ0n) is 14.7. The second-order valence-electron chi connectivity index (χ2n) is 6.37. The summed E-state index contributed by atoms with van der Waals surface area (Å²) in [4.78, 5) is 3.92. The molecule has 2 aromatic heterocycles. The second kappa shape index (κ2) is 7.19. The molecule has 4 rings (SSSR count). The van der Waals surface area contributed by atoms with Crippen molar-refractivity contribution in [3.05, 3.63) is 84.8 Å². The highest BCUT2D eigenvalue weighted by molar-refractivity contribution is 5.82. The highest BCUT2D eigenvalue weighted by Gasteiger charge is 2.13. The van der Waals surface area contributed by atoms with Crippen LogP contribution in [0.25, 0.3) is 21.9 Å². The lowest BCUT2D eigenvalue weighted by molar-refractivity contribution is -0.0524. The van der Waals surface area contributed by atoms with Gasteiger partial charge in [-0.15, -0.1) is 0 Å². The van der Waals surface area contributed by atoms with Crippen LogP contribution in [0.1, 0.15) is 18.5 Å². The van der Waals surface area contributed by atoms with Crippen molar-refractivity contribution >= 4 is 10.8 Å². The van der Waals surface area contributed by atoms with E-state index in [1.165, 1.54) is 17.0 Å². The summed E-state index contributed by atoms with van der Waals surface area (Å²) in [5.41, 5.74) is 2.45. The summed E-state index contributed by atoms with van der Waals surface area (Å²) in [7, 11) is 0. The van der Waals surface area contributed by atoms with Crippen molar-refractivity contribution in [2.24, 2.45) is 0 Å². The third-order valence-electron chi connectivity index (χ3n) is 4.70. The van der Waals surface area contributed by atoms with Gasteiger partial charge >= 0.3 is 6.61 Å². The van der Waals surface area contributed by atoms with E-state index in [-0.39, 0.29) is 11.9 Å². The summed E-state index contributed by atoms with van der Waals surface area (Å²) in [6.07, 6.45) is 5.70. The third-order valence-corrected chi connectivity index (χ3v) is 4.70. The van der Waals surface area contributed by atoms with Gasteiger partial charge in [0.25, 0.3) is 0 Å². The van der Waals surface area contributed by atoms with Crippen molar-refractivity contribution in [2.45, 2.75) is 19.6 Å². The lowest BCUT2D eigenvalue weighted by atomic mass is 10.0. The molecule has 0 saturated heterocycles. The van der Waals surface area contributed by atoms with E-state index in [1.54, 1.807) is 12.1 Å². The molecule has 0 saturated carbocycles. The van der Waals surface area contributed by atoms with Crippen LogP contribution >= 0.6 is 0 Å². The van der Waals surface area contributed by atoms with Crippen LogP contribution in [-0.4, -0.2) is 16.2 Å². The average Bonchev–Trinajstić information content (AvgIpc) is 3.12. The highest BCUT2D eigenvalue weighted by Crippen LogP contribution is 2.31. The minimum Gasteiger partial charge on any atom is -0.416 e. The Morgan fingerprint density at radius 2 is 1.56 bits per heavy atom. The normalized spacial score (nSPS) is 12.4. The lowest BCUT2D eigenvalue weighted by Gasteiger charge is -2.15. The van der Waals surface area contributed by atoms with Gasteiger partial charge in [0, 0.05) is 24.2 Å². The van der Waals surface area contributed by atoms with Gasteiger partial charge in [-0.2, -0.15) is 8.78 Å². The van der Waals surface area contributed by atoms with Crippen molar-refractivity contribution in [2.75, 3.05) is 0 Å². The van der Waals surface area contributed by atoms with Crippen molar-refractivity contribution in [3.63, 3.8) is 0 Å². The Bertz CT molecular complexity index is 1020. The molecule has 5 heteroatoms. The number of aromatic nitrogens is 2. The van der Waals surface area contributed by atoms with Crippen LogP contribution in [0.3, 0.4) is 0 Å². The first-order valence-corrected chi connectivity index (χ1v) is 8.68. The van der Waals surface area contributed by atoms with Gasteiger partial charge in [0.2, 0.25) is 5.88 Å². The number of pyridine rings is 1. The average molecular weight is 364 g/mol. The van der Waals surface area contributed by atoms with Crippen LogP contribution in [0.5, 0.6) is 5.88 Å². The first-order chi connectivity index (χ1) is 13.1. The Kier molecular flexibility index (Phi) is 4.59. The molecule has 0 unspecified atom stereocenters. The van der Waals surface area contributed by atoms with Crippen LogP contribution in [0, 0.1) is 0 Å². The number of hydrogen-bond donors (Lipinski definition) is 0. The van der Waals surface area contributed by atoms with E-state index in [2.05, 4.69) is 45.7 Å². The summed E-state index contributed by atoms with van der Waals surface area (Å²) in [6, 6.07) is 19.6. The van der Waals surface area contributed by atoms with Gasteiger partial charge in [0.1, 0.15) is 0 Å². The highest BCUT2D eigenvalue weighted by atomic mass is 19.3. The molecule has 2 aromatic carbocycles. The maximum Gasteiger partial charge on any atom is 0.388 e. The standard InChI is InChI=1S/C22H18F2N2O/c1-15(26-13-18-5-2-3-6-19(18)14-26)16-8-10-17(11-9-16)20-7-4-12-25-21(20)27-22(23)24/h2-15,22H,1H3/t15-/m1/s1. The Labute approximate surface area is 155 Å². The summed E-state index contributed by atoms with van der Waals surface area (Å²) >= 11 is 0. The first kappa shape index (κ1) is 17.2. The Morgan fingerprint density at radius 3 is 2.19 bits per heavy atom. The number of hydrogen-bond acceptors (Lipinski definition) is 2. The summed E-state index contributed by atoms with van der Waals surface area (Å²) < 4.78 is 31.9. The lowest BCUT2D eigenvalue weighted by Crippen LogP contribution is -2.05. The first-order valence-electron chi connectivity index (χ1n) is 8.68. The van der Waals surface area contributed by atoms with Crippen LogP contribution in [0.15, 0.2) is 79.3 Å². The van der Waals surface area contributed by atoms with E-state index in [1.807, 2.05) is 36.4 Å². The molecule has 4 aromatic rings. The largest absolute Gasteiger partial charge is 0.416 e. The van der Waals surface area contributed by atoms with Gasteiger partial charge in [-0.1, -0.05) is 48.5 Å².